The molecule has 2 nitrogen and oxygen atoms in total. The maximum atomic E-state index is 11.0. The van der Waals surface area contributed by atoms with Gasteiger partial charge in [0.2, 0.25) is 0 Å². The van der Waals surface area contributed by atoms with Crippen LogP contribution in [-0.2, 0) is 9.53 Å². The first-order valence-electron chi connectivity index (χ1n) is 4.94. The van der Waals surface area contributed by atoms with Gasteiger partial charge >= 0.3 is 5.97 Å². The van der Waals surface area contributed by atoms with Crippen LogP contribution in [0.2, 0.25) is 0 Å². The highest BCUT2D eigenvalue weighted by Crippen LogP contribution is 2.32. The van der Waals surface area contributed by atoms with Crippen LogP contribution in [0.5, 0.6) is 0 Å². The molecule has 0 aromatic heterocycles. The van der Waals surface area contributed by atoms with E-state index in [1.54, 1.807) is 0 Å². The smallest absolute Gasteiger partial charge is 0.306 e. The first-order chi connectivity index (χ1) is 6.68. The van der Waals surface area contributed by atoms with E-state index in [4.69, 9.17) is 4.74 Å². The quantitative estimate of drug-likeness (QED) is 0.636. The fourth-order valence-electron chi connectivity index (χ4n) is 1.87. The summed E-state index contributed by atoms with van der Waals surface area (Å²) in [5.41, 5.74) is 3.66. The summed E-state index contributed by atoms with van der Waals surface area (Å²) in [5.74, 6) is -0.0732. The number of rotatable bonds is 1. The van der Waals surface area contributed by atoms with Gasteiger partial charge in [0, 0.05) is 6.42 Å². The lowest BCUT2D eigenvalue weighted by Gasteiger charge is -2.13. The molecule has 1 aliphatic rings. The number of hydrogen-bond acceptors (Lipinski definition) is 2. The van der Waals surface area contributed by atoms with E-state index < -0.39 is 0 Å². The Morgan fingerprint density at radius 2 is 2.14 bits per heavy atom. The van der Waals surface area contributed by atoms with Crippen molar-refractivity contribution >= 4 is 5.97 Å². The van der Waals surface area contributed by atoms with Gasteiger partial charge in [-0.1, -0.05) is 18.2 Å². The van der Waals surface area contributed by atoms with E-state index in [0.29, 0.717) is 6.42 Å². The molecule has 1 atom stereocenters. The molecule has 0 bridgehead atoms. The molecule has 74 valence electrons. The fourth-order valence-corrected chi connectivity index (χ4v) is 1.87. The van der Waals surface area contributed by atoms with Gasteiger partial charge in [-0.15, -0.1) is 0 Å². The Bertz CT molecular complexity index is 369. The van der Waals surface area contributed by atoms with Crippen molar-refractivity contribution in [3.05, 3.63) is 34.9 Å². The molecule has 2 rings (SSSR count). The third kappa shape index (κ3) is 1.52. The molecule has 0 unspecified atom stereocenters. The molecule has 1 heterocycles. The first-order valence-corrected chi connectivity index (χ1v) is 4.94. The van der Waals surface area contributed by atoms with E-state index in [-0.39, 0.29) is 12.1 Å². The normalized spacial score (nSPS) is 21.0. The highest BCUT2D eigenvalue weighted by molar-refractivity contribution is 5.71. The standard InChI is InChI=1S/C12H14O2/c1-8-4-3-5-10(9(8)2)11-6-7-12(13)14-11/h3-5,11H,6-7H2,1-2H3/t11-/m0/s1. The van der Waals surface area contributed by atoms with Gasteiger partial charge in [-0.2, -0.15) is 0 Å². The molecule has 0 saturated carbocycles. The van der Waals surface area contributed by atoms with Crippen LogP contribution in [0.4, 0.5) is 0 Å². The van der Waals surface area contributed by atoms with Gasteiger partial charge in [0.1, 0.15) is 6.10 Å². The minimum absolute atomic E-state index is 0.0117. The third-order valence-corrected chi connectivity index (χ3v) is 2.88. The van der Waals surface area contributed by atoms with E-state index in [0.717, 1.165) is 12.0 Å². The lowest BCUT2D eigenvalue weighted by Crippen LogP contribution is -2.01. The van der Waals surface area contributed by atoms with Crippen molar-refractivity contribution in [3.8, 4) is 0 Å². The van der Waals surface area contributed by atoms with Gasteiger partial charge in [-0.25, -0.2) is 0 Å². The number of benzene rings is 1. The SMILES string of the molecule is Cc1cccc([C@@H]2CCC(=O)O2)c1C. The Kier molecular flexibility index (Phi) is 2.28. The number of hydrogen-bond donors (Lipinski definition) is 0. The lowest BCUT2D eigenvalue weighted by atomic mass is 9.98. The number of cyclic esters (lactones) is 1. The van der Waals surface area contributed by atoms with Gasteiger partial charge in [-0.3, -0.25) is 4.79 Å². The van der Waals surface area contributed by atoms with E-state index >= 15 is 0 Å². The van der Waals surface area contributed by atoms with Crippen LogP contribution in [0, 0.1) is 13.8 Å². The van der Waals surface area contributed by atoms with Crippen molar-refractivity contribution in [1.82, 2.24) is 0 Å². The number of aryl methyl sites for hydroxylation is 1. The summed E-state index contributed by atoms with van der Waals surface area (Å²) >= 11 is 0. The number of esters is 1. The van der Waals surface area contributed by atoms with Crippen LogP contribution in [0.3, 0.4) is 0 Å². The maximum absolute atomic E-state index is 11.0. The predicted molar refractivity (Wildman–Crippen MR) is 54.0 cm³/mol. The second-order valence-electron chi connectivity index (χ2n) is 3.81. The zero-order chi connectivity index (χ0) is 10.1. The molecular weight excluding hydrogens is 176 g/mol. The summed E-state index contributed by atoms with van der Waals surface area (Å²) in [6, 6.07) is 6.14. The second-order valence-corrected chi connectivity index (χ2v) is 3.81. The number of ether oxygens (including phenoxy) is 1. The summed E-state index contributed by atoms with van der Waals surface area (Å²) in [6.07, 6.45) is 1.36. The van der Waals surface area contributed by atoms with Crippen molar-refractivity contribution in [2.45, 2.75) is 32.8 Å². The molecule has 1 aromatic rings. The van der Waals surface area contributed by atoms with Crippen molar-refractivity contribution < 1.29 is 9.53 Å². The molecule has 1 fully saturated rings. The minimum atomic E-state index is -0.0732. The molecule has 2 heteroatoms. The van der Waals surface area contributed by atoms with Gasteiger partial charge in [0.15, 0.2) is 0 Å². The highest BCUT2D eigenvalue weighted by Gasteiger charge is 2.25. The molecule has 0 spiro atoms. The summed E-state index contributed by atoms with van der Waals surface area (Å²) in [6.45, 7) is 4.16. The van der Waals surface area contributed by atoms with Gasteiger partial charge in [0.05, 0.1) is 0 Å². The van der Waals surface area contributed by atoms with Crippen LogP contribution < -0.4 is 0 Å². The molecule has 0 N–H and O–H groups in total. The van der Waals surface area contributed by atoms with Crippen LogP contribution >= 0.6 is 0 Å². The lowest BCUT2D eigenvalue weighted by molar-refractivity contribution is -0.141. The molecule has 0 aliphatic carbocycles. The Hall–Kier alpha value is -1.31. The average molecular weight is 190 g/mol. The van der Waals surface area contributed by atoms with Crippen LogP contribution in [0.1, 0.15) is 35.6 Å². The molecule has 0 amide bonds. The number of carbonyl (C=O) groups excluding carboxylic acids is 1. The van der Waals surface area contributed by atoms with E-state index in [2.05, 4.69) is 19.9 Å². The third-order valence-electron chi connectivity index (χ3n) is 2.88. The molecule has 1 aromatic carbocycles. The first kappa shape index (κ1) is 9.25. The van der Waals surface area contributed by atoms with Gasteiger partial charge in [-0.05, 0) is 37.0 Å². The van der Waals surface area contributed by atoms with Crippen LogP contribution in [0.25, 0.3) is 0 Å². The van der Waals surface area contributed by atoms with Crippen molar-refractivity contribution in [1.29, 1.82) is 0 Å². The maximum Gasteiger partial charge on any atom is 0.306 e. The summed E-state index contributed by atoms with van der Waals surface area (Å²) < 4.78 is 5.24. The van der Waals surface area contributed by atoms with Crippen molar-refractivity contribution in [2.75, 3.05) is 0 Å². The molecule has 1 saturated heterocycles. The summed E-state index contributed by atoms with van der Waals surface area (Å²) in [4.78, 5) is 11.0. The van der Waals surface area contributed by atoms with E-state index in [1.807, 2.05) is 12.1 Å². The average Bonchev–Trinajstić information content (AvgIpc) is 2.57. The largest absolute Gasteiger partial charge is 0.457 e. The molecule has 14 heavy (non-hydrogen) atoms. The molecule has 1 aliphatic heterocycles. The number of carbonyl (C=O) groups is 1. The Labute approximate surface area is 83.9 Å². The van der Waals surface area contributed by atoms with Crippen LogP contribution in [-0.4, -0.2) is 5.97 Å². The minimum Gasteiger partial charge on any atom is -0.457 e. The second kappa shape index (κ2) is 3.45. The van der Waals surface area contributed by atoms with Gasteiger partial charge < -0.3 is 4.74 Å². The monoisotopic (exact) mass is 190 g/mol. The molecule has 0 radical (unpaired) electrons. The molecular formula is C12H14O2. The van der Waals surface area contributed by atoms with Crippen molar-refractivity contribution in [2.24, 2.45) is 0 Å². The Morgan fingerprint density at radius 1 is 1.36 bits per heavy atom. The predicted octanol–water partition coefficient (Wildman–Crippen LogP) is 2.68. The summed E-state index contributed by atoms with van der Waals surface area (Å²) in [7, 11) is 0. The Morgan fingerprint density at radius 3 is 2.79 bits per heavy atom. The van der Waals surface area contributed by atoms with Crippen molar-refractivity contribution in [3.63, 3.8) is 0 Å². The fraction of sp³-hybridized carbons (Fsp3) is 0.417. The Balaban J connectivity index is 2.32. The van der Waals surface area contributed by atoms with E-state index in [1.165, 1.54) is 11.1 Å². The van der Waals surface area contributed by atoms with Crippen LogP contribution in [0.15, 0.2) is 18.2 Å². The zero-order valence-electron chi connectivity index (χ0n) is 8.54. The summed E-state index contributed by atoms with van der Waals surface area (Å²) in [5, 5.41) is 0. The van der Waals surface area contributed by atoms with Gasteiger partial charge in [0.25, 0.3) is 0 Å². The topological polar surface area (TPSA) is 26.3 Å². The van der Waals surface area contributed by atoms with E-state index in [9.17, 15) is 4.79 Å². The highest BCUT2D eigenvalue weighted by atomic mass is 16.5. The zero-order valence-corrected chi connectivity index (χ0v) is 8.54.